The van der Waals surface area contributed by atoms with E-state index in [2.05, 4.69) is 27.2 Å². The molecule has 1 N–H and O–H groups in total. The van der Waals surface area contributed by atoms with Gasteiger partial charge in [-0.05, 0) is 24.6 Å². The number of hydrogen-bond acceptors (Lipinski definition) is 2. The highest BCUT2D eigenvalue weighted by molar-refractivity contribution is 9.10. The van der Waals surface area contributed by atoms with E-state index in [9.17, 15) is 4.79 Å². The maximum absolute atomic E-state index is 12.0. The summed E-state index contributed by atoms with van der Waals surface area (Å²) in [5.74, 6) is 2.81. The molecule has 1 atom stereocenters. The van der Waals surface area contributed by atoms with Gasteiger partial charge in [-0.2, -0.15) is 0 Å². The zero-order valence-corrected chi connectivity index (χ0v) is 11.4. The summed E-state index contributed by atoms with van der Waals surface area (Å²) in [7, 11) is 1.52. The van der Waals surface area contributed by atoms with Crippen molar-refractivity contribution in [3.63, 3.8) is 0 Å². The number of halogens is 1. The van der Waals surface area contributed by atoms with Crippen molar-refractivity contribution in [1.82, 2.24) is 5.32 Å². The summed E-state index contributed by atoms with van der Waals surface area (Å²) >= 11 is 3.32. The summed E-state index contributed by atoms with van der Waals surface area (Å²) in [5, 5.41) is 2.76. The van der Waals surface area contributed by atoms with Crippen molar-refractivity contribution in [2.75, 3.05) is 7.11 Å². The van der Waals surface area contributed by atoms with Crippen molar-refractivity contribution in [3.05, 3.63) is 28.2 Å². The van der Waals surface area contributed by atoms with Crippen LogP contribution in [-0.2, 0) is 0 Å². The van der Waals surface area contributed by atoms with Gasteiger partial charge in [-0.25, -0.2) is 0 Å². The zero-order chi connectivity index (χ0) is 12.8. The van der Waals surface area contributed by atoms with Crippen molar-refractivity contribution in [2.24, 2.45) is 0 Å². The van der Waals surface area contributed by atoms with E-state index < -0.39 is 0 Å². The van der Waals surface area contributed by atoms with Gasteiger partial charge < -0.3 is 10.1 Å². The lowest BCUT2D eigenvalue weighted by atomic mass is 10.1. The minimum absolute atomic E-state index is 0.223. The zero-order valence-electron chi connectivity index (χ0n) is 9.79. The van der Waals surface area contributed by atoms with Crippen LogP contribution in [0.15, 0.2) is 22.7 Å². The van der Waals surface area contributed by atoms with Crippen LogP contribution < -0.4 is 10.1 Å². The van der Waals surface area contributed by atoms with Gasteiger partial charge in [0.05, 0.1) is 18.7 Å². The van der Waals surface area contributed by atoms with E-state index in [1.54, 1.807) is 18.2 Å². The lowest BCUT2D eigenvalue weighted by Crippen LogP contribution is -2.33. The summed E-state index contributed by atoms with van der Waals surface area (Å²) < 4.78 is 6.01. The van der Waals surface area contributed by atoms with Crippen LogP contribution in [0.3, 0.4) is 0 Å². The smallest absolute Gasteiger partial charge is 0.256 e. The number of methoxy groups -OCH3 is 1. The van der Waals surface area contributed by atoms with Crippen molar-refractivity contribution < 1.29 is 9.53 Å². The van der Waals surface area contributed by atoms with E-state index in [0.717, 1.165) is 4.47 Å². The van der Waals surface area contributed by atoms with Crippen molar-refractivity contribution in [2.45, 2.75) is 19.4 Å². The highest BCUT2D eigenvalue weighted by Gasteiger charge is 2.14. The molecular formula is C13H14BrNO2. The van der Waals surface area contributed by atoms with E-state index in [1.807, 2.05) is 6.92 Å². The van der Waals surface area contributed by atoms with Crippen molar-refractivity contribution >= 4 is 21.8 Å². The van der Waals surface area contributed by atoms with Crippen LogP contribution in [0.2, 0.25) is 0 Å². The summed E-state index contributed by atoms with van der Waals surface area (Å²) in [5.41, 5.74) is 0.476. The van der Waals surface area contributed by atoms with Crippen LogP contribution in [0, 0.1) is 12.3 Å². The Labute approximate surface area is 110 Å². The topological polar surface area (TPSA) is 38.3 Å². The average molecular weight is 296 g/mol. The highest BCUT2D eigenvalue weighted by Crippen LogP contribution is 2.23. The predicted molar refractivity (Wildman–Crippen MR) is 71.1 cm³/mol. The molecule has 17 heavy (non-hydrogen) atoms. The molecule has 0 bridgehead atoms. The summed E-state index contributed by atoms with van der Waals surface area (Å²) in [6, 6.07) is 4.97. The van der Waals surface area contributed by atoms with Gasteiger partial charge >= 0.3 is 0 Å². The lowest BCUT2D eigenvalue weighted by Gasteiger charge is -2.13. The Morgan fingerprint density at radius 3 is 2.88 bits per heavy atom. The van der Waals surface area contributed by atoms with Gasteiger partial charge in [-0.3, -0.25) is 4.79 Å². The first kappa shape index (κ1) is 13.6. The number of amides is 1. The van der Waals surface area contributed by atoms with Crippen LogP contribution in [0.4, 0.5) is 0 Å². The normalized spacial score (nSPS) is 11.4. The summed E-state index contributed by atoms with van der Waals surface area (Å²) in [6.45, 7) is 1.92. The largest absolute Gasteiger partial charge is 0.496 e. The second-order valence-electron chi connectivity index (χ2n) is 3.45. The van der Waals surface area contributed by atoms with Crippen molar-refractivity contribution in [3.8, 4) is 18.1 Å². The van der Waals surface area contributed by atoms with Crippen LogP contribution in [0.1, 0.15) is 23.7 Å². The first-order valence-electron chi connectivity index (χ1n) is 5.22. The van der Waals surface area contributed by atoms with E-state index in [4.69, 9.17) is 11.2 Å². The number of hydrogen-bond donors (Lipinski definition) is 1. The van der Waals surface area contributed by atoms with Gasteiger partial charge in [-0.1, -0.05) is 28.8 Å². The second-order valence-corrected chi connectivity index (χ2v) is 4.36. The third-order valence-corrected chi connectivity index (χ3v) is 2.82. The molecule has 0 aliphatic carbocycles. The van der Waals surface area contributed by atoms with Crippen LogP contribution in [-0.4, -0.2) is 19.1 Å². The minimum atomic E-state index is -0.254. The Hall–Kier alpha value is -1.47. The first-order valence-corrected chi connectivity index (χ1v) is 6.02. The molecular weight excluding hydrogens is 282 g/mol. The summed E-state index contributed by atoms with van der Waals surface area (Å²) in [4.78, 5) is 12.0. The van der Waals surface area contributed by atoms with Gasteiger partial charge in [0.1, 0.15) is 5.75 Å². The molecule has 3 nitrogen and oxygen atoms in total. The Kier molecular flexibility index (Phi) is 5.05. The SMILES string of the molecule is C#CC(CC)NC(=O)c1ccc(Br)cc1OC. The van der Waals surface area contributed by atoms with Crippen LogP contribution in [0.25, 0.3) is 0 Å². The van der Waals surface area contributed by atoms with Gasteiger partial charge in [0.2, 0.25) is 0 Å². The molecule has 0 aromatic heterocycles. The molecule has 1 rings (SSSR count). The number of nitrogens with one attached hydrogen (secondary N) is 1. The molecule has 0 heterocycles. The second kappa shape index (κ2) is 6.31. The maximum atomic E-state index is 12.0. The molecule has 0 fully saturated rings. The number of ether oxygens (including phenoxy) is 1. The molecule has 90 valence electrons. The number of carbonyl (C=O) groups is 1. The molecule has 0 aliphatic rings. The standard InChI is InChI=1S/C13H14BrNO2/c1-4-10(5-2)15-13(16)11-7-6-9(14)8-12(11)17-3/h1,6-8,10H,5H2,2-3H3,(H,15,16). The lowest BCUT2D eigenvalue weighted by molar-refractivity contribution is 0.0942. The van der Waals surface area contributed by atoms with E-state index in [-0.39, 0.29) is 11.9 Å². The molecule has 1 unspecified atom stereocenters. The number of rotatable bonds is 4. The Bertz CT molecular complexity index is 451. The molecule has 1 aromatic rings. The Morgan fingerprint density at radius 2 is 2.35 bits per heavy atom. The van der Waals surface area contributed by atoms with Gasteiger partial charge in [-0.15, -0.1) is 6.42 Å². The molecule has 0 aliphatic heterocycles. The fourth-order valence-electron chi connectivity index (χ4n) is 1.35. The number of benzene rings is 1. The third kappa shape index (κ3) is 3.50. The van der Waals surface area contributed by atoms with Crippen LogP contribution in [0.5, 0.6) is 5.75 Å². The highest BCUT2D eigenvalue weighted by atomic mass is 79.9. The summed E-state index contributed by atoms with van der Waals surface area (Å²) in [6.07, 6.45) is 6.00. The molecule has 0 saturated carbocycles. The molecule has 0 saturated heterocycles. The number of carbonyl (C=O) groups excluding carboxylic acids is 1. The van der Waals surface area contributed by atoms with E-state index in [1.165, 1.54) is 7.11 Å². The molecule has 1 aromatic carbocycles. The molecule has 0 radical (unpaired) electrons. The Morgan fingerprint density at radius 1 is 1.65 bits per heavy atom. The predicted octanol–water partition coefficient (Wildman–Crippen LogP) is 2.60. The van der Waals surface area contributed by atoms with Crippen molar-refractivity contribution in [1.29, 1.82) is 0 Å². The van der Waals surface area contributed by atoms with Gasteiger partial charge in [0, 0.05) is 4.47 Å². The molecule has 1 amide bonds. The monoisotopic (exact) mass is 295 g/mol. The van der Waals surface area contributed by atoms with Gasteiger partial charge in [0.15, 0.2) is 0 Å². The fourth-order valence-corrected chi connectivity index (χ4v) is 1.69. The van der Waals surface area contributed by atoms with Gasteiger partial charge in [0.25, 0.3) is 5.91 Å². The minimum Gasteiger partial charge on any atom is -0.496 e. The van der Waals surface area contributed by atoms with E-state index in [0.29, 0.717) is 17.7 Å². The number of terminal acetylenes is 1. The van der Waals surface area contributed by atoms with E-state index >= 15 is 0 Å². The van der Waals surface area contributed by atoms with Crippen LogP contribution >= 0.6 is 15.9 Å². The Balaban J connectivity index is 2.93. The quantitative estimate of drug-likeness (QED) is 0.867. The third-order valence-electron chi connectivity index (χ3n) is 2.32. The molecule has 0 spiro atoms. The fraction of sp³-hybridized carbons (Fsp3) is 0.308. The maximum Gasteiger partial charge on any atom is 0.256 e. The molecule has 4 heteroatoms. The first-order chi connectivity index (χ1) is 8.12. The average Bonchev–Trinajstić information content (AvgIpc) is 2.35.